The summed E-state index contributed by atoms with van der Waals surface area (Å²) in [6.07, 6.45) is 10.4. The summed E-state index contributed by atoms with van der Waals surface area (Å²) in [5.41, 5.74) is 0. The van der Waals surface area contributed by atoms with Gasteiger partial charge in [-0.15, -0.1) is 12.1 Å². The largest absolute Gasteiger partial charge is 0.678 e. The molecule has 4 heteroatoms. The molecule has 1 aliphatic carbocycles. The van der Waals surface area contributed by atoms with Crippen LogP contribution in [0, 0.1) is 48.9 Å². The fourth-order valence-electron chi connectivity index (χ4n) is 2.53. The van der Waals surface area contributed by atoms with Crippen LogP contribution >= 0.6 is 0 Å². The van der Waals surface area contributed by atoms with Crippen molar-refractivity contribution in [2.24, 2.45) is 5.92 Å². The molecule has 0 aromatic rings. The standard InChI is InChI=1S/C11H23N.C7H16N2.CH3.La/c1-12(2)10-6-5-9-11-7-3-4-8-11;1-6(2)8-5-9-7(3)4;;/h11H,3-10H2,1-2H3;6-7H,5H2,1-4H3;1H3;/q;-2;-1;. The van der Waals surface area contributed by atoms with E-state index in [0.29, 0.717) is 18.8 Å². The number of hydrogen-bond donors (Lipinski definition) is 0. The predicted octanol–water partition coefficient (Wildman–Crippen LogP) is 5.87. The Labute approximate surface area is 175 Å². The zero-order chi connectivity index (χ0) is 16.1. The van der Waals surface area contributed by atoms with Crippen LogP contribution in [0.1, 0.15) is 72.6 Å². The molecule has 1 saturated carbocycles. The first kappa shape index (κ1) is 28.9. The minimum atomic E-state index is 0. The minimum Gasteiger partial charge on any atom is -0.678 e. The summed E-state index contributed by atoms with van der Waals surface area (Å²) in [6, 6.07) is 0.847. The van der Waals surface area contributed by atoms with E-state index < -0.39 is 0 Å². The molecule has 3 nitrogen and oxygen atoms in total. The number of rotatable bonds is 9. The van der Waals surface area contributed by atoms with E-state index in [1.54, 1.807) is 0 Å². The number of nitrogens with zero attached hydrogens (tertiary/aromatic N) is 3. The smallest absolute Gasteiger partial charge is 0 e. The van der Waals surface area contributed by atoms with Gasteiger partial charge in [-0.25, -0.2) is 0 Å². The van der Waals surface area contributed by atoms with E-state index in [0.717, 1.165) is 5.92 Å². The molecule has 1 radical (unpaired) electrons. The predicted molar refractivity (Wildman–Crippen MR) is 103 cm³/mol. The van der Waals surface area contributed by atoms with Gasteiger partial charge in [0.15, 0.2) is 0 Å². The summed E-state index contributed by atoms with van der Waals surface area (Å²) in [5, 5.41) is 8.40. The molecule has 0 heterocycles. The quantitative estimate of drug-likeness (QED) is 0.319. The molecule has 0 N–H and O–H groups in total. The van der Waals surface area contributed by atoms with Crippen LogP contribution in [0.3, 0.4) is 0 Å². The van der Waals surface area contributed by atoms with Gasteiger partial charge in [-0.2, -0.15) is 0 Å². The molecule has 0 aromatic carbocycles. The summed E-state index contributed by atoms with van der Waals surface area (Å²) < 4.78 is 0. The molecule has 0 aromatic heterocycles. The SMILES string of the molecule is CC(C)[N-]C[N-]C(C)C.CN(C)CCCCC1CCCC1.[CH3-].[La]. The van der Waals surface area contributed by atoms with Gasteiger partial charge >= 0.3 is 0 Å². The Bertz CT molecular complexity index is 207. The van der Waals surface area contributed by atoms with Crippen molar-refractivity contribution in [3.63, 3.8) is 0 Å². The second-order valence-electron chi connectivity index (χ2n) is 7.14. The van der Waals surface area contributed by atoms with Crippen LogP contribution in [0.25, 0.3) is 10.6 Å². The molecule has 0 aliphatic heterocycles. The third-order valence-corrected chi connectivity index (χ3v) is 3.84. The molecule has 0 bridgehead atoms. The van der Waals surface area contributed by atoms with E-state index >= 15 is 0 Å². The van der Waals surface area contributed by atoms with Gasteiger partial charge in [-0.05, 0) is 33.0 Å². The molecule has 1 fully saturated rings. The first-order valence-electron chi connectivity index (χ1n) is 8.89. The second kappa shape index (κ2) is 19.4. The van der Waals surface area contributed by atoms with Crippen LogP contribution in [-0.2, 0) is 0 Å². The molecule has 0 atom stereocenters. The van der Waals surface area contributed by atoms with E-state index in [1.807, 2.05) is 0 Å². The minimum absolute atomic E-state index is 0. The molecule has 0 saturated heterocycles. The van der Waals surface area contributed by atoms with Crippen LogP contribution in [0.5, 0.6) is 0 Å². The van der Waals surface area contributed by atoms with Gasteiger partial charge in [-0.3, -0.25) is 6.67 Å². The third kappa shape index (κ3) is 23.1. The van der Waals surface area contributed by atoms with E-state index in [9.17, 15) is 0 Å². The average Bonchev–Trinajstić information content (AvgIpc) is 2.87. The van der Waals surface area contributed by atoms with Crippen LogP contribution in [-0.4, -0.2) is 44.3 Å². The monoisotopic (exact) mass is 451 g/mol. The summed E-state index contributed by atoms with van der Waals surface area (Å²) in [5.74, 6) is 1.09. The van der Waals surface area contributed by atoms with Gasteiger partial charge in [0, 0.05) is 35.6 Å². The van der Waals surface area contributed by atoms with E-state index in [1.165, 1.54) is 51.5 Å². The molecular formula is C19H42LaN3-3. The number of unbranched alkanes of at least 4 members (excludes halogenated alkanes) is 1. The maximum Gasteiger partial charge on any atom is 0 e. The van der Waals surface area contributed by atoms with E-state index in [2.05, 4.69) is 57.3 Å². The summed E-state index contributed by atoms with van der Waals surface area (Å²) in [6.45, 7) is 10.2. The second-order valence-corrected chi connectivity index (χ2v) is 7.14. The Hall–Kier alpha value is 1.07. The van der Waals surface area contributed by atoms with E-state index in [-0.39, 0.29) is 43.0 Å². The molecule has 139 valence electrons. The van der Waals surface area contributed by atoms with Gasteiger partial charge in [0.1, 0.15) is 0 Å². The van der Waals surface area contributed by atoms with Crippen molar-refractivity contribution in [2.45, 2.75) is 84.7 Å². The maximum absolute atomic E-state index is 4.20. The van der Waals surface area contributed by atoms with Crippen LogP contribution in [0.2, 0.25) is 0 Å². The Morgan fingerprint density at radius 2 is 1.39 bits per heavy atom. The Kier molecular flexibility index (Phi) is 24.3. The van der Waals surface area contributed by atoms with Gasteiger partial charge < -0.3 is 23.0 Å². The Morgan fingerprint density at radius 3 is 1.78 bits per heavy atom. The van der Waals surface area contributed by atoms with Crippen molar-refractivity contribution < 1.29 is 35.6 Å². The molecule has 0 unspecified atom stereocenters. The first-order chi connectivity index (χ1) is 9.91. The van der Waals surface area contributed by atoms with Crippen LogP contribution in [0.4, 0.5) is 0 Å². The van der Waals surface area contributed by atoms with E-state index in [4.69, 9.17) is 0 Å². The van der Waals surface area contributed by atoms with Crippen LogP contribution in [0.15, 0.2) is 0 Å². The maximum atomic E-state index is 4.20. The van der Waals surface area contributed by atoms with Crippen molar-refractivity contribution in [2.75, 3.05) is 27.3 Å². The molecular weight excluding hydrogens is 409 g/mol. The zero-order valence-corrected chi connectivity index (χ0v) is 20.6. The normalized spacial score (nSPS) is 14.5. The fourth-order valence-corrected chi connectivity index (χ4v) is 2.53. The molecule has 0 amide bonds. The fraction of sp³-hybridized carbons (Fsp3) is 0.947. The third-order valence-electron chi connectivity index (χ3n) is 3.84. The van der Waals surface area contributed by atoms with Gasteiger partial charge in [0.25, 0.3) is 0 Å². The van der Waals surface area contributed by atoms with Crippen molar-refractivity contribution in [3.8, 4) is 0 Å². The Morgan fingerprint density at radius 1 is 0.913 bits per heavy atom. The van der Waals surface area contributed by atoms with Gasteiger partial charge in [0.05, 0.1) is 0 Å². The molecule has 1 rings (SSSR count). The van der Waals surface area contributed by atoms with Crippen molar-refractivity contribution in [3.05, 3.63) is 18.1 Å². The van der Waals surface area contributed by atoms with Crippen molar-refractivity contribution in [1.29, 1.82) is 0 Å². The van der Waals surface area contributed by atoms with Crippen LogP contribution < -0.4 is 0 Å². The average molecular weight is 451 g/mol. The summed E-state index contributed by atoms with van der Waals surface area (Å²) in [7, 11) is 4.32. The molecule has 23 heavy (non-hydrogen) atoms. The van der Waals surface area contributed by atoms with Crippen molar-refractivity contribution in [1.82, 2.24) is 4.90 Å². The Balaban J connectivity index is -0.000000332. The topological polar surface area (TPSA) is 31.4 Å². The zero-order valence-electron chi connectivity index (χ0n) is 17.0. The van der Waals surface area contributed by atoms with Gasteiger partial charge in [-0.1, -0.05) is 66.2 Å². The summed E-state index contributed by atoms with van der Waals surface area (Å²) in [4.78, 5) is 2.29. The first-order valence-corrected chi connectivity index (χ1v) is 8.89. The number of hydrogen-bond acceptors (Lipinski definition) is 1. The summed E-state index contributed by atoms with van der Waals surface area (Å²) >= 11 is 0. The van der Waals surface area contributed by atoms with Gasteiger partial charge in [0.2, 0.25) is 0 Å². The van der Waals surface area contributed by atoms with Crippen molar-refractivity contribution >= 4 is 0 Å². The molecule has 0 spiro atoms. The molecule has 1 aliphatic rings.